The molecule has 122 valence electrons. The van der Waals surface area contributed by atoms with Gasteiger partial charge in [0.05, 0.1) is 13.0 Å². The molecule has 0 aliphatic heterocycles. The molecule has 3 aromatic carbocycles. The Labute approximate surface area is 142 Å². The zero-order valence-corrected chi connectivity index (χ0v) is 13.8. The Morgan fingerprint density at radius 1 is 0.917 bits per heavy atom. The van der Waals surface area contributed by atoms with Gasteiger partial charge in [0, 0.05) is 13.7 Å². The highest BCUT2D eigenvalue weighted by atomic mass is 16.5. The van der Waals surface area contributed by atoms with Crippen molar-refractivity contribution in [3.8, 4) is 0 Å². The summed E-state index contributed by atoms with van der Waals surface area (Å²) >= 11 is 0. The summed E-state index contributed by atoms with van der Waals surface area (Å²) in [6.45, 7) is 1.07. The first-order valence-corrected chi connectivity index (χ1v) is 8.06. The smallest absolute Gasteiger partial charge is 0.224 e. The maximum absolute atomic E-state index is 12.2. The lowest BCUT2D eigenvalue weighted by molar-refractivity contribution is -0.120. The zero-order valence-electron chi connectivity index (χ0n) is 13.8. The van der Waals surface area contributed by atoms with E-state index >= 15 is 0 Å². The summed E-state index contributed by atoms with van der Waals surface area (Å²) in [5.74, 6) is 0.0255. The summed E-state index contributed by atoms with van der Waals surface area (Å²) in [5, 5.41) is 5.35. The SMILES string of the molecule is COCc1ccccc1CNC(=O)Cc1ccc2ccccc2c1. The van der Waals surface area contributed by atoms with Gasteiger partial charge in [-0.05, 0) is 27.5 Å². The molecule has 0 aromatic heterocycles. The third kappa shape index (κ3) is 4.00. The van der Waals surface area contributed by atoms with Crippen LogP contribution in [-0.2, 0) is 29.1 Å². The molecule has 3 heteroatoms. The molecule has 0 aliphatic rings. The minimum atomic E-state index is 0.0255. The van der Waals surface area contributed by atoms with Crippen molar-refractivity contribution in [3.63, 3.8) is 0 Å². The topological polar surface area (TPSA) is 38.3 Å². The molecule has 0 aliphatic carbocycles. The maximum Gasteiger partial charge on any atom is 0.224 e. The molecule has 24 heavy (non-hydrogen) atoms. The van der Waals surface area contributed by atoms with Crippen molar-refractivity contribution < 1.29 is 9.53 Å². The van der Waals surface area contributed by atoms with Crippen LogP contribution in [0.15, 0.2) is 66.7 Å². The number of hydrogen-bond donors (Lipinski definition) is 1. The highest BCUT2D eigenvalue weighted by Gasteiger charge is 2.06. The predicted molar refractivity (Wildman–Crippen MR) is 96.7 cm³/mol. The Morgan fingerprint density at radius 2 is 1.62 bits per heavy atom. The fourth-order valence-electron chi connectivity index (χ4n) is 2.82. The fraction of sp³-hybridized carbons (Fsp3) is 0.190. The fourth-order valence-corrected chi connectivity index (χ4v) is 2.82. The minimum absolute atomic E-state index is 0.0255. The Hall–Kier alpha value is -2.65. The molecule has 0 heterocycles. The number of carbonyl (C=O) groups excluding carboxylic acids is 1. The number of methoxy groups -OCH3 is 1. The second-order valence-corrected chi connectivity index (χ2v) is 5.84. The molecule has 3 aromatic rings. The van der Waals surface area contributed by atoms with Crippen molar-refractivity contribution in [1.29, 1.82) is 0 Å². The molecule has 0 unspecified atom stereocenters. The number of amides is 1. The minimum Gasteiger partial charge on any atom is -0.380 e. The van der Waals surface area contributed by atoms with Gasteiger partial charge in [0.1, 0.15) is 0 Å². The number of carbonyl (C=O) groups is 1. The van der Waals surface area contributed by atoms with Crippen molar-refractivity contribution in [2.24, 2.45) is 0 Å². The van der Waals surface area contributed by atoms with Crippen LogP contribution < -0.4 is 5.32 Å². The van der Waals surface area contributed by atoms with Crippen molar-refractivity contribution in [2.75, 3.05) is 7.11 Å². The molecule has 0 saturated heterocycles. The van der Waals surface area contributed by atoms with Crippen molar-refractivity contribution in [2.45, 2.75) is 19.6 Å². The van der Waals surface area contributed by atoms with E-state index in [4.69, 9.17) is 4.74 Å². The van der Waals surface area contributed by atoms with E-state index < -0.39 is 0 Å². The molecule has 0 spiro atoms. The van der Waals surface area contributed by atoms with Gasteiger partial charge in [-0.25, -0.2) is 0 Å². The van der Waals surface area contributed by atoms with Crippen LogP contribution >= 0.6 is 0 Å². The quantitative estimate of drug-likeness (QED) is 0.749. The van der Waals surface area contributed by atoms with Crippen LogP contribution in [0.4, 0.5) is 0 Å². The summed E-state index contributed by atoms with van der Waals surface area (Å²) in [7, 11) is 1.68. The van der Waals surface area contributed by atoms with Crippen molar-refractivity contribution >= 4 is 16.7 Å². The van der Waals surface area contributed by atoms with Gasteiger partial charge in [0.15, 0.2) is 0 Å². The normalized spacial score (nSPS) is 10.7. The molecule has 0 atom stereocenters. The van der Waals surface area contributed by atoms with Gasteiger partial charge in [0.25, 0.3) is 0 Å². The molecule has 3 rings (SSSR count). The summed E-state index contributed by atoms with van der Waals surface area (Å²) in [4.78, 5) is 12.2. The first-order valence-electron chi connectivity index (χ1n) is 8.06. The standard InChI is InChI=1S/C21H21NO2/c1-24-15-20-9-5-4-8-19(20)14-22-21(23)13-16-10-11-17-6-2-3-7-18(17)12-16/h2-12H,13-15H2,1H3,(H,22,23). The average Bonchev–Trinajstić information content (AvgIpc) is 2.61. The van der Waals surface area contributed by atoms with Crippen LogP contribution in [0.2, 0.25) is 0 Å². The Bertz CT molecular complexity index is 842. The van der Waals surface area contributed by atoms with E-state index in [1.54, 1.807) is 7.11 Å². The molecule has 0 fully saturated rings. The third-order valence-corrected chi connectivity index (χ3v) is 4.07. The van der Waals surface area contributed by atoms with Gasteiger partial charge in [-0.15, -0.1) is 0 Å². The largest absolute Gasteiger partial charge is 0.380 e. The first-order chi connectivity index (χ1) is 11.8. The molecule has 3 nitrogen and oxygen atoms in total. The van der Waals surface area contributed by atoms with Crippen LogP contribution in [-0.4, -0.2) is 13.0 Å². The van der Waals surface area contributed by atoms with Crippen LogP contribution in [0.25, 0.3) is 10.8 Å². The van der Waals surface area contributed by atoms with Crippen LogP contribution in [0.5, 0.6) is 0 Å². The number of benzene rings is 3. The molecular formula is C21H21NO2. The highest BCUT2D eigenvalue weighted by Crippen LogP contribution is 2.16. The van der Waals surface area contributed by atoms with Gasteiger partial charge < -0.3 is 10.1 Å². The zero-order chi connectivity index (χ0) is 16.8. The lowest BCUT2D eigenvalue weighted by Crippen LogP contribution is -2.25. The number of rotatable bonds is 6. The Kier molecular flexibility index (Phi) is 5.24. The van der Waals surface area contributed by atoms with Gasteiger partial charge in [-0.2, -0.15) is 0 Å². The van der Waals surface area contributed by atoms with Crippen LogP contribution in [0, 0.1) is 0 Å². The average molecular weight is 319 g/mol. The second-order valence-electron chi connectivity index (χ2n) is 5.84. The van der Waals surface area contributed by atoms with Gasteiger partial charge in [-0.1, -0.05) is 66.7 Å². The third-order valence-electron chi connectivity index (χ3n) is 4.07. The summed E-state index contributed by atoms with van der Waals surface area (Å²) in [6.07, 6.45) is 0.386. The number of nitrogens with one attached hydrogen (secondary N) is 1. The van der Waals surface area contributed by atoms with Crippen LogP contribution in [0.3, 0.4) is 0 Å². The summed E-state index contributed by atoms with van der Waals surface area (Å²) in [6, 6.07) is 22.3. The number of hydrogen-bond acceptors (Lipinski definition) is 2. The molecule has 0 radical (unpaired) electrons. The van der Waals surface area contributed by atoms with E-state index in [2.05, 4.69) is 29.6 Å². The molecule has 1 amide bonds. The van der Waals surface area contributed by atoms with Gasteiger partial charge in [-0.3, -0.25) is 4.79 Å². The predicted octanol–water partition coefficient (Wildman–Crippen LogP) is 3.85. The van der Waals surface area contributed by atoms with Crippen molar-refractivity contribution in [3.05, 3.63) is 83.4 Å². The maximum atomic E-state index is 12.2. The van der Waals surface area contributed by atoms with E-state index in [1.807, 2.05) is 42.5 Å². The van der Waals surface area contributed by atoms with Crippen molar-refractivity contribution in [1.82, 2.24) is 5.32 Å². The van der Waals surface area contributed by atoms with E-state index in [0.29, 0.717) is 19.6 Å². The van der Waals surface area contributed by atoms with E-state index in [9.17, 15) is 4.79 Å². The molecule has 0 bridgehead atoms. The van der Waals surface area contributed by atoms with Gasteiger partial charge >= 0.3 is 0 Å². The molecule has 1 N–H and O–H groups in total. The van der Waals surface area contributed by atoms with Crippen LogP contribution in [0.1, 0.15) is 16.7 Å². The van der Waals surface area contributed by atoms with E-state index in [1.165, 1.54) is 5.39 Å². The number of ether oxygens (including phenoxy) is 1. The van der Waals surface area contributed by atoms with Gasteiger partial charge in [0.2, 0.25) is 5.91 Å². The summed E-state index contributed by atoms with van der Waals surface area (Å²) in [5.41, 5.74) is 3.22. The molecular weight excluding hydrogens is 298 g/mol. The number of fused-ring (bicyclic) bond motifs is 1. The lowest BCUT2D eigenvalue weighted by Gasteiger charge is -2.10. The lowest BCUT2D eigenvalue weighted by atomic mass is 10.0. The molecule has 0 saturated carbocycles. The first kappa shape index (κ1) is 16.2. The monoisotopic (exact) mass is 319 g/mol. The summed E-state index contributed by atoms with van der Waals surface area (Å²) < 4.78 is 5.20. The van der Waals surface area contributed by atoms with E-state index in [-0.39, 0.29) is 5.91 Å². The highest BCUT2D eigenvalue weighted by molar-refractivity contribution is 5.85. The second kappa shape index (κ2) is 7.75. The van der Waals surface area contributed by atoms with E-state index in [0.717, 1.165) is 22.1 Å². The Morgan fingerprint density at radius 3 is 2.42 bits per heavy atom. The Balaban J connectivity index is 1.63.